The Morgan fingerprint density at radius 3 is 2.65 bits per heavy atom. The lowest BCUT2D eigenvalue weighted by Crippen LogP contribution is -2.24. The summed E-state index contributed by atoms with van der Waals surface area (Å²) in [6, 6.07) is 9.14. The van der Waals surface area contributed by atoms with Crippen molar-refractivity contribution < 1.29 is 18.5 Å². The summed E-state index contributed by atoms with van der Waals surface area (Å²) in [5.41, 5.74) is 3.34. The summed E-state index contributed by atoms with van der Waals surface area (Å²) in [6.07, 6.45) is 5.86. The van der Waals surface area contributed by atoms with Gasteiger partial charge in [0.25, 0.3) is 5.91 Å². The van der Waals surface area contributed by atoms with E-state index in [0.717, 1.165) is 42.5 Å². The zero-order chi connectivity index (χ0) is 22.5. The third-order valence-corrected chi connectivity index (χ3v) is 6.42. The second-order valence-corrected chi connectivity index (χ2v) is 9.33. The average molecular weight is 442 g/mol. The summed E-state index contributed by atoms with van der Waals surface area (Å²) in [5.74, 6) is -0.293. The highest BCUT2D eigenvalue weighted by atomic mass is 32.2. The zero-order valence-electron chi connectivity index (χ0n) is 18.1. The molecule has 3 rings (SSSR count). The van der Waals surface area contributed by atoms with Crippen molar-refractivity contribution in [2.45, 2.75) is 51.3 Å². The van der Waals surface area contributed by atoms with Crippen LogP contribution in [0.5, 0.6) is 0 Å². The molecule has 1 aliphatic carbocycles. The maximum atomic E-state index is 12.6. The molecule has 1 aromatic carbocycles. The van der Waals surface area contributed by atoms with Crippen molar-refractivity contribution in [3.63, 3.8) is 0 Å². The molecule has 1 atom stereocenters. The van der Waals surface area contributed by atoms with E-state index in [2.05, 4.69) is 16.0 Å². The minimum absolute atomic E-state index is 0.255. The van der Waals surface area contributed by atoms with E-state index in [9.17, 15) is 19.1 Å². The number of rotatable bonds is 7. The number of hydrogen-bond acceptors (Lipinski definition) is 5. The molecule has 1 N–H and O–H groups in total. The number of aromatic nitrogens is 1. The van der Waals surface area contributed by atoms with Crippen molar-refractivity contribution in [3.05, 3.63) is 52.2 Å². The van der Waals surface area contributed by atoms with Gasteiger partial charge in [0.2, 0.25) is 0 Å². The molecule has 0 radical (unpaired) electrons. The molecule has 7 nitrogen and oxygen atoms in total. The molecular weight excluding hydrogens is 414 g/mol. The van der Waals surface area contributed by atoms with Crippen LogP contribution in [0.15, 0.2) is 24.3 Å². The van der Waals surface area contributed by atoms with Crippen LogP contribution in [-0.2, 0) is 26.1 Å². The van der Waals surface area contributed by atoms with Crippen LogP contribution in [0.2, 0.25) is 0 Å². The van der Waals surface area contributed by atoms with Crippen molar-refractivity contribution in [1.82, 2.24) is 4.57 Å². The molecule has 0 aliphatic heterocycles. The van der Waals surface area contributed by atoms with Crippen molar-refractivity contribution >= 4 is 28.5 Å². The number of benzene rings is 1. The van der Waals surface area contributed by atoms with E-state index in [0.29, 0.717) is 22.7 Å². The monoisotopic (exact) mass is 441 g/mol. The largest absolute Gasteiger partial charge is 0.452 e. The Morgan fingerprint density at radius 1 is 1.29 bits per heavy atom. The van der Waals surface area contributed by atoms with Crippen LogP contribution in [0.3, 0.4) is 0 Å². The van der Waals surface area contributed by atoms with E-state index in [4.69, 9.17) is 4.74 Å². The molecule has 2 aromatic rings. The van der Waals surface area contributed by atoms with Gasteiger partial charge in [0.1, 0.15) is 11.9 Å². The van der Waals surface area contributed by atoms with Crippen molar-refractivity contribution in [1.29, 1.82) is 5.26 Å². The standard InChI is InChI=1S/C23H27N3O4S/c1-15-16(2)26(19-9-4-5-10-19)22(20(15)12-24)25-21(27)13-30-23(28)18-8-6-7-17(11-18)14-31(3)29/h6-8,11,19H,4-5,9-10,13-14H2,1-3H3,(H,25,27). The summed E-state index contributed by atoms with van der Waals surface area (Å²) in [5, 5.41) is 12.4. The summed E-state index contributed by atoms with van der Waals surface area (Å²) in [7, 11) is -1.02. The number of carbonyl (C=O) groups excluding carboxylic acids is 2. The van der Waals surface area contributed by atoms with Gasteiger partial charge in [-0.05, 0) is 49.9 Å². The van der Waals surface area contributed by atoms with Gasteiger partial charge in [-0.15, -0.1) is 0 Å². The lowest BCUT2D eigenvalue weighted by molar-refractivity contribution is -0.119. The molecule has 164 valence electrons. The summed E-state index contributed by atoms with van der Waals surface area (Å²) >= 11 is 0. The second-order valence-electron chi connectivity index (χ2n) is 7.90. The molecule has 1 fully saturated rings. The SMILES string of the molecule is Cc1c(C#N)c(NC(=O)COC(=O)c2cccc(CS(C)=O)c2)n(C2CCCC2)c1C. The smallest absolute Gasteiger partial charge is 0.338 e. The second kappa shape index (κ2) is 9.92. The molecule has 1 aromatic heterocycles. The Bertz CT molecular complexity index is 1060. The number of hydrogen-bond donors (Lipinski definition) is 1. The highest BCUT2D eigenvalue weighted by Gasteiger charge is 2.27. The van der Waals surface area contributed by atoms with Crippen LogP contribution < -0.4 is 5.32 Å². The highest BCUT2D eigenvalue weighted by molar-refractivity contribution is 7.83. The number of nitrogens with one attached hydrogen (secondary N) is 1. The van der Waals surface area contributed by atoms with Gasteiger partial charge in [-0.2, -0.15) is 5.26 Å². The average Bonchev–Trinajstić information content (AvgIpc) is 3.33. The Morgan fingerprint density at radius 2 is 2.00 bits per heavy atom. The molecule has 1 heterocycles. The lowest BCUT2D eigenvalue weighted by atomic mass is 10.1. The highest BCUT2D eigenvalue weighted by Crippen LogP contribution is 2.37. The number of nitriles is 1. The number of anilines is 1. The Hall–Kier alpha value is -2.92. The van der Waals surface area contributed by atoms with Crippen molar-refractivity contribution in [2.24, 2.45) is 0 Å². The fourth-order valence-electron chi connectivity index (χ4n) is 4.11. The Kier molecular flexibility index (Phi) is 7.29. The minimum atomic E-state index is -1.02. The first-order valence-electron chi connectivity index (χ1n) is 10.3. The van der Waals surface area contributed by atoms with E-state index in [1.54, 1.807) is 30.5 Å². The maximum Gasteiger partial charge on any atom is 0.338 e. The van der Waals surface area contributed by atoms with Gasteiger partial charge in [0.15, 0.2) is 6.61 Å². The van der Waals surface area contributed by atoms with Crippen LogP contribution >= 0.6 is 0 Å². The summed E-state index contributed by atoms with van der Waals surface area (Å²) in [4.78, 5) is 24.9. The molecule has 8 heteroatoms. The topological polar surface area (TPSA) is 101 Å². The van der Waals surface area contributed by atoms with Crippen LogP contribution in [0.25, 0.3) is 0 Å². The van der Waals surface area contributed by atoms with Gasteiger partial charge in [0, 0.05) is 34.5 Å². The van der Waals surface area contributed by atoms with E-state index in [-0.39, 0.29) is 6.04 Å². The number of esters is 1. The van der Waals surface area contributed by atoms with Crippen LogP contribution in [-0.4, -0.2) is 33.5 Å². The first kappa shape index (κ1) is 22.8. The van der Waals surface area contributed by atoms with E-state index in [1.165, 1.54) is 0 Å². The number of amides is 1. The van der Waals surface area contributed by atoms with E-state index in [1.807, 2.05) is 13.8 Å². The summed E-state index contributed by atoms with van der Waals surface area (Å²) in [6.45, 7) is 3.38. The first-order chi connectivity index (χ1) is 14.8. The Labute approximate surface area is 184 Å². The maximum absolute atomic E-state index is 12.6. The molecule has 0 bridgehead atoms. The van der Waals surface area contributed by atoms with Gasteiger partial charge < -0.3 is 14.6 Å². The molecule has 1 aliphatic rings. The van der Waals surface area contributed by atoms with Gasteiger partial charge in [-0.25, -0.2) is 4.79 Å². The molecule has 0 spiro atoms. The Balaban J connectivity index is 1.70. The van der Waals surface area contributed by atoms with Gasteiger partial charge in [-0.1, -0.05) is 25.0 Å². The zero-order valence-corrected chi connectivity index (χ0v) is 18.9. The molecule has 0 saturated heterocycles. The number of carbonyl (C=O) groups is 2. The van der Waals surface area contributed by atoms with Crippen LogP contribution in [0.1, 0.15) is 64.5 Å². The predicted molar refractivity (Wildman–Crippen MR) is 119 cm³/mol. The normalized spacial score (nSPS) is 14.8. The third-order valence-electron chi connectivity index (χ3n) is 5.68. The van der Waals surface area contributed by atoms with Crippen LogP contribution in [0.4, 0.5) is 5.82 Å². The van der Waals surface area contributed by atoms with Crippen LogP contribution in [0, 0.1) is 25.2 Å². The van der Waals surface area contributed by atoms with Crippen molar-refractivity contribution in [3.8, 4) is 6.07 Å². The number of nitrogens with zero attached hydrogens (tertiary/aromatic N) is 2. The molecule has 31 heavy (non-hydrogen) atoms. The molecular formula is C23H27N3O4S. The fourth-order valence-corrected chi connectivity index (χ4v) is 4.76. The molecule has 1 saturated carbocycles. The number of ether oxygens (including phenoxy) is 1. The third kappa shape index (κ3) is 5.23. The van der Waals surface area contributed by atoms with Gasteiger partial charge in [-0.3, -0.25) is 9.00 Å². The van der Waals surface area contributed by atoms with E-state index >= 15 is 0 Å². The first-order valence-corrected chi connectivity index (χ1v) is 12.0. The predicted octanol–water partition coefficient (Wildman–Crippen LogP) is 3.77. The minimum Gasteiger partial charge on any atom is -0.452 e. The molecule has 1 unspecified atom stereocenters. The van der Waals surface area contributed by atoms with Gasteiger partial charge >= 0.3 is 5.97 Å². The lowest BCUT2D eigenvalue weighted by Gasteiger charge is -2.19. The van der Waals surface area contributed by atoms with Crippen molar-refractivity contribution in [2.75, 3.05) is 18.2 Å². The quantitative estimate of drug-likeness (QED) is 0.659. The summed E-state index contributed by atoms with van der Waals surface area (Å²) < 4.78 is 18.6. The fraction of sp³-hybridized carbons (Fsp3) is 0.435. The van der Waals surface area contributed by atoms with Gasteiger partial charge in [0.05, 0.1) is 11.1 Å². The molecule has 1 amide bonds. The van der Waals surface area contributed by atoms with E-state index < -0.39 is 29.3 Å².